The summed E-state index contributed by atoms with van der Waals surface area (Å²) in [6, 6.07) is 0. The van der Waals surface area contributed by atoms with Crippen molar-refractivity contribution >= 4 is 5.78 Å². The van der Waals surface area contributed by atoms with Crippen molar-refractivity contribution < 1.29 is 4.79 Å². The molecule has 0 aromatic carbocycles. The fourth-order valence-corrected chi connectivity index (χ4v) is 1.86. The molecule has 0 aliphatic carbocycles. The molecule has 1 unspecified atom stereocenters. The number of hydrogen-bond donors (Lipinski definition) is 1. The summed E-state index contributed by atoms with van der Waals surface area (Å²) in [4.78, 5) is 13.8. The highest BCUT2D eigenvalue weighted by molar-refractivity contribution is 5.81. The van der Waals surface area contributed by atoms with Crippen molar-refractivity contribution in [1.82, 2.24) is 10.2 Å². The quantitative estimate of drug-likeness (QED) is 0.675. The van der Waals surface area contributed by atoms with Crippen molar-refractivity contribution in [3.05, 3.63) is 0 Å². The Morgan fingerprint density at radius 3 is 3.00 bits per heavy atom. The molecule has 1 fully saturated rings. The number of ketones is 1. The molecular weight excluding hydrogens is 164 g/mol. The molecule has 1 rings (SSSR count). The second-order valence-electron chi connectivity index (χ2n) is 3.71. The average Bonchev–Trinajstić information content (AvgIpc) is 2.62. The number of hydrogen-bond acceptors (Lipinski definition) is 3. The molecule has 0 radical (unpaired) electrons. The van der Waals surface area contributed by atoms with Crippen LogP contribution in [0.5, 0.6) is 0 Å². The maximum Gasteiger partial charge on any atom is 0.137 e. The highest BCUT2D eigenvalue weighted by atomic mass is 16.1. The van der Waals surface area contributed by atoms with E-state index in [0.29, 0.717) is 18.1 Å². The summed E-state index contributed by atoms with van der Waals surface area (Å²) in [5.41, 5.74) is 0. The molecule has 1 N–H and O–H groups in total. The third-order valence-corrected chi connectivity index (χ3v) is 2.75. The van der Waals surface area contributed by atoms with Crippen molar-refractivity contribution in [1.29, 1.82) is 0 Å². The van der Waals surface area contributed by atoms with Crippen molar-refractivity contribution in [2.75, 3.05) is 33.2 Å². The second-order valence-corrected chi connectivity index (χ2v) is 3.71. The number of carbonyl (C=O) groups is 1. The van der Waals surface area contributed by atoms with Gasteiger partial charge in [-0.25, -0.2) is 0 Å². The first-order valence-electron chi connectivity index (χ1n) is 5.17. The molecule has 0 amide bonds. The van der Waals surface area contributed by atoms with E-state index in [-0.39, 0.29) is 0 Å². The first-order valence-corrected chi connectivity index (χ1v) is 5.17. The molecule has 0 aromatic rings. The second kappa shape index (κ2) is 5.35. The summed E-state index contributed by atoms with van der Waals surface area (Å²) in [7, 11) is 1.96. The molecule has 3 nitrogen and oxygen atoms in total. The SMILES string of the molecule is CCC(=O)C1CCN(CCNC)C1. The topological polar surface area (TPSA) is 32.3 Å². The van der Waals surface area contributed by atoms with E-state index in [0.717, 1.165) is 32.6 Å². The lowest BCUT2D eigenvalue weighted by atomic mass is 10.0. The van der Waals surface area contributed by atoms with Gasteiger partial charge in [-0.2, -0.15) is 0 Å². The lowest BCUT2D eigenvalue weighted by Crippen LogP contribution is -2.29. The minimum Gasteiger partial charge on any atom is -0.318 e. The van der Waals surface area contributed by atoms with Crippen LogP contribution in [0, 0.1) is 5.92 Å². The summed E-state index contributed by atoms with van der Waals surface area (Å²) >= 11 is 0. The van der Waals surface area contributed by atoms with Crippen LogP contribution in [-0.2, 0) is 4.79 Å². The van der Waals surface area contributed by atoms with E-state index in [2.05, 4.69) is 10.2 Å². The summed E-state index contributed by atoms with van der Waals surface area (Å²) < 4.78 is 0. The highest BCUT2D eigenvalue weighted by Gasteiger charge is 2.26. The van der Waals surface area contributed by atoms with Crippen LogP contribution in [0.25, 0.3) is 0 Å². The van der Waals surface area contributed by atoms with Crippen LogP contribution in [0.3, 0.4) is 0 Å². The summed E-state index contributed by atoms with van der Waals surface area (Å²) in [6.45, 7) is 6.13. The Labute approximate surface area is 80.5 Å². The summed E-state index contributed by atoms with van der Waals surface area (Å²) in [6.07, 6.45) is 1.76. The molecule has 0 aromatic heterocycles. The summed E-state index contributed by atoms with van der Waals surface area (Å²) in [5, 5.41) is 3.13. The Morgan fingerprint density at radius 2 is 2.38 bits per heavy atom. The fourth-order valence-electron chi connectivity index (χ4n) is 1.86. The third-order valence-electron chi connectivity index (χ3n) is 2.75. The van der Waals surface area contributed by atoms with Crippen molar-refractivity contribution in [2.45, 2.75) is 19.8 Å². The first kappa shape index (κ1) is 10.7. The molecular formula is C10H20N2O. The van der Waals surface area contributed by atoms with E-state index in [1.165, 1.54) is 0 Å². The number of likely N-dealkylation sites (N-methyl/N-ethyl adjacent to an activating group) is 1. The molecule has 0 spiro atoms. The van der Waals surface area contributed by atoms with Crippen LogP contribution >= 0.6 is 0 Å². The minimum atomic E-state index is 0.321. The van der Waals surface area contributed by atoms with E-state index in [4.69, 9.17) is 0 Å². The largest absolute Gasteiger partial charge is 0.318 e. The maximum atomic E-state index is 11.4. The molecule has 1 saturated heterocycles. The Hall–Kier alpha value is -0.410. The van der Waals surface area contributed by atoms with Crippen LogP contribution < -0.4 is 5.32 Å². The Morgan fingerprint density at radius 1 is 1.62 bits per heavy atom. The van der Waals surface area contributed by atoms with Gasteiger partial charge < -0.3 is 10.2 Å². The van der Waals surface area contributed by atoms with Crippen molar-refractivity contribution in [3.63, 3.8) is 0 Å². The van der Waals surface area contributed by atoms with Crippen LogP contribution in [0.4, 0.5) is 0 Å². The van der Waals surface area contributed by atoms with E-state index in [1.54, 1.807) is 0 Å². The van der Waals surface area contributed by atoms with Crippen LogP contribution in [-0.4, -0.2) is 43.9 Å². The van der Waals surface area contributed by atoms with Crippen molar-refractivity contribution in [2.24, 2.45) is 5.92 Å². The normalized spacial score (nSPS) is 23.7. The Bertz CT molecular complexity index is 170. The van der Waals surface area contributed by atoms with Gasteiger partial charge in [0.25, 0.3) is 0 Å². The molecule has 1 atom stereocenters. The number of nitrogens with one attached hydrogen (secondary N) is 1. The number of nitrogens with zero attached hydrogens (tertiary/aromatic N) is 1. The number of rotatable bonds is 5. The number of carbonyl (C=O) groups excluding carboxylic acids is 1. The van der Waals surface area contributed by atoms with E-state index in [1.807, 2.05) is 14.0 Å². The number of Topliss-reactive ketones (excluding diaryl/α,β-unsaturated/α-hetero) is 1. The highest BCUT2D eigenvalue weighted by Crippen LogP contribution is 2.17. The van der Waals surface area contributed by atoms with Gasteiger partial charge in [-0.15, -0.1) is 0 Å². The first-order chi connectivity index (χ1) is 6.27. The van der Waals surface area contributed by atoms with Crippen LogP contribution in [0.1, 0.15) is 19.8 Å². The van der Waals surface area contributed by atoms with E-state index in [9.17, 15) is 4.79 Å². The molecule has 0 saturated carbocycles. The van der Waals surface area contributed by atoms with Crippen LogP contribution in [0.15, 0.2) is 0 Å². The van der Waals surface area contributed by atoms with E-state index >= 15 is 0 Å². The minimum absolute atomic E-state index is 0.321. The van der Waals surface area contributed by atoms with Gasteiger partial charge >= 0.3 is 0 Å². The monoisotopic (exact) mass is 184 g/mol. The molecule has 13 heavy (non-hydrogen) atoms. The smallest absolute Gasteiger partial charge is 0.137 e. The van der Waals surface area contributed by atoms with Gasteiger partial charge in [0.2, 0.25) is 0 Å². The summed E-state index contributed by atoms with van der Waals surface area (Å²) in [5.74, 6) is 0.758. The zero-order valence-electron chi connectivity index (χ0n) is 8.68. The average molecular weight is 184 g/mol. The number of likely N-dealkylation sites (tertiary alicyclic amines) is 1. The Balaban J connectivity index is 2.23. The molecule has 1 aliphatic heterocycles. The van der Waals surface area contributed by atoms with Gasteiger partial charge in [-0.3, -0.25) is 4.79 Å². The van der Waals surface area contributed by atoms with Gasteiger partial charge in [0.15, 0.2) is 0 Å². The van der Waals surface area contributed by atoms with Gasteiger partial charge in [0.1, 0.15) is 5.78 Å². The van der Waals surface area contributed by atoms with Gasteiger partial charge in [-0.05, 0) is 20.0 Å². The van der Waals surface area contributed by atoms with Gasteiger partial charge in [0.05, 0.1) is 0 Å². The van der Waals surface area contributed by atoms with Crippen LogP contribution in [0.2, 0.25) is 0 Å². The Kier molecular flexibility index (Phi) is 4.39. The predicted molar refractivity (Wildman–Crippen MR) is 53.8 cm³/mol. The molecule has 0 bridgehead atoms. The van der Waals surface area contributed by atoms with Crippen molar-refractivity contribution in [3.8, 4) is 0 Å². The lowest BCUT2D eigenvalue weighted by Gasteiger charge is -2.14. The molecule has 76 valence electrons. The lowest BCUT2D eigenvalue weighted by molar-refractivity contribution is -0.122. The third kappa shape index (κ3) is 3.08. The van der Waals surface area contributed by atoms with Gasteiger partial charge in [-0.1, -0.05) is 6.92 Å². The van der Waals surface area contributed by atoms with Gasteiger partial charge in [0, 0.05) is 32.0 Å². The standard InChI is InChI=1S/C10H20N2O/c1-3-10(13)9-4-6-12(8-9)7-5-11-2/h9,11H,3-8H2,1-2H3. The maximum absolute atomic E-state index is 11.4. The fraction of sp³-hybridized carbons (Fsp3) is 0.900. The molecule has 1 aliphatic rings. The predicted octanol–water partition coefficient (Wildman–Crippen LogP) is 0.507. The molecule has 1 heterocycles. The zero-order valence-corrected chi connectivity index (χ0v) is 8.68. The zero-order chi connectivity index (χ0) is 9.68. The van der Waals surface area contributed by atoms with E-state index < -0.39 is 0 Å². The molecule has 3 heteroatoms.